The highest BCUT2D eigenvalue weighted by Crippen LogP contribution is 1.93. The highest BCUT2D eigenvalue weighted by atomic mass is 32.3. The van der Waals surface area contributed by atoms with Crippen molar-refractivity contribution >= 4 is 10.4 Å². The average molecular weight is 187 g/mol. The normalized spacial score (nSPS) is 10.7. The van der Waals surface area contributed by atoms with Crippen LogP contribution in [0.25, 0.3) is 0 Å². The highest BCUT2D eigenvalue weighted by Gasteiger charge is 2.06. The molecule has 0 spiro atoms. The van der Waals surface area contributed by atoms with E-state index >= 15 is 0 Å². The van der Waals surface area contributed by atoms with E-state index in [9.17, 15) is 8.42 Å². The van der Waals surface area contributed by atoms with Gasteiger partial charge in [0.1, 0.15) is 0 Å². The summed E-state index contributed by atoms with van der Waals surface area (Å²) in [7, 11) is -2.79. The molecule has 0 aromatic carbocycles. The van der Waals surface area contributed by atoms with E-state index in [0.29, 0.717) is 0 Å². The van der Waals surface area contributed by atoms with Gasteiger partial charge in [0.15, 0.2) is 0 Å². The van der Waals surface area contributed by atoms with Gasteiger partial charge in [0.25, 0.3) is 0 Å². The van der Waals surface area contributed by atoms with Crippen molar-refractivity contribution in [3.8, 4) is 0 Å². The summed E-state index contributed by atoms with van der Waals surface area (Å²) in [5.41, 5.74) is 0. The smallest absolute Gasteiger partial charge is 0.396 e. The molecule has 70 valence electrons. The van der Waals surface area contributed by atoms with Crippen LogP contribution in [0.5, 0.6) is 0 Å². The van der Waals surface area contributed by atoms with E-state index < -0.39 is 10.4 Å². The monoisotopic (exact) mass is 187 g/mol. The third kappa shape index (κ3) is 7.69. The first-order chi connectivity index (χ1) is 4.62. The lowest BCUT2D eigenvalue weighted by atomic mass is 10.5. The summed E-state index contributed by atoms with van der Waals surface area (Å²) in [6, 6.07) is 0. The molecule has 0 saturated carbocycles. The molecule has 0 aliphatic heterocycles. The van der Waals surface area contributed by atoms with Gasteiger partial charge in [0.2, 0.25) is 0 Å². The SMILES string of the molecule is COS(=O)(=O)OCCCO.N. The molecule has 0 rings (SSSR count). The molecular formula is C4H13NO5S. The largest absolute Gasteiger partial charge is 0.399 e. The van der Waals surface area contributed by atoms with Crippen LogP contribution in [-0.4, -0.2) is 33.8 Å². The maximum absolute atomic E-state index is 10.3. The third-order valence-corrected chi connectivity index (χ3v) is 1.60. The van der Waals surface area contributed by atoms with Crippen LogP contribution in [0.1, 0.15) is 6.42 Å². The molecule has 6 nitrogen and oxygen atoms in total. The summed E-state index contributed by atoms with van der Waals surface area (Å²) < 4.78 is 28.9. The van der Waals surface area contributed by atoms with Crippen molar-refractivity contribution in [1.82, 2.24) is 6.15 Å². The molecule has 7 heteroatoms. The third-order valence-electron chi connectivity index (χ3n) is 0.734. The van der Waals surface area contributed by atoms with E-state index in [1.54, 1.807) is 0 Å². The van der Waals surface area contributed by atoms with E-state index in [1.807, 2.05) is 0 Å². The lowest BCUT2D eigenvalue weighted by molar-refractivity contribution is 0.208. The molecule has 0 aromatic rings. The Morgan fingerprint density at radius 1 is 1.45 bits per heavy atom. The number of rotatable bonds is 5. The molecule has 11 heavy (non-hydrogen) atoms. The van der Waals surface area contributed by atoms with Crippen LogP contribution in [-0.2, 0) is 18.8 Å². The maximum atomic E-state index is 10.3. The predicted molar refractivity (Wildman–Crippen MR) is 38.6 cm³/mol. The van der Waals surface area contributed by atoms with Gasteiger partial charge in [-0.25, -0.2) is 4.18 Å². The fourth-order valence-corrected chi connectivity index (χ4v) is 0.692. The first kappa shape index (κ1) is 13.4. The summed E-state index contributed by atoms with van der Waals surface area (Å²) in [5, 5.41) is 8.22. The fraction of sp³-hybridized carbons (Fsp3) is 1.00. The molecule has 0 bridgehead atoms. The van der Waals surface area contributed by atoms with Gasteiger partial charge in [-0.1, -0.05) is 0 Å². The minimum absolute atomic E-state index is 0. The van der Waals surface area contributed by atoms with Crippen molar-refractivity contribution in [2.24, 2.45) is 0 Å². The van der Waals surface area contributed by atoms with Crippen LogP contribution in [0.4, 0.5) is 0 Å². The summed E-state index contributed by atoms with van der Waals surface area (Å²) in [5.74, 6) is 0. The average Bonchev–Trinajstić information content (AvgIpc) is 1.89. The first-order valence-electron chi connectivity index (χ1n) is 2.68. The first-order valence-corrected chi connectivity index (χ1v) is 4.01. The van der Waals surface area contributed by atoms with E-state index in [-0.39, 0.29) is 25.8 Å². The Hall–Kier alpha value is -0.210. The Labute approximate surface area is 66.0 Å². The quantitative estimate of drug-likeness (QED) is 0.558. The second-order valence-corrected chi connectivity index (χ2v) is 2.86. The van der Waals surface area contributed by atoms with E-state index in [0.717, 1.165) is 7.11 Å². The van der Waals surface area contributed by atoms with Gasteiger partial charge in [-0.15, -0.1) is 0 Å². The molecule has 0 unspecified atom stereocenters. The minimum atomic E-state index is -3.80. The van der Waals surface area contributed by atoms with Crippen LogP contribution in [0.15, 0.2) is 0 Å². The van der Waals surface area contributed by atoms with Gasteiger partial charge < -0.3 is 11.3 Å². The van der Waals surface area contributed by atoms with Gasteiger partial charge in [0, 0.05) is 6.61 Å². The number of aliphatic hydroxyl groups is 1. The summed E-state index contributed by atoms with van der Waals surface area (Å²) in [6.45, 7) is -0.147. The zero-order chi connectivity index (χ0) is 8.04. The second-order valence-electron chi connectivity index (χ2n) is 1.47. The van der Waals surface area contributed by atoms with Crippen LogP contribution < -0.4 is 6.15 Å². The molecule has 0 fully saturated rings. The minimum Gasteiger partial charge on any atom is -0.396 e. The van der Waals surface area contributed by atoms with Crippen molar-refractivity contribution < 1.29 is 21.9 Å². The number of aliphatic hydroxyl groups excluding tert-OH is 1. The zero-order valence-electron chi connectivity index (χ0n) is 6.32. The second kappa shape index (κ2) is 6.50. The van der Waals surface area contributed by atoms with Crippen LogP contribution >= 0.6 is 0 Å². The molecule has 0 aromatic heterocycles. The lowest BCUT2D eigenvalue weighted by Crippen LogP contribution is -2.09. The van der Waals surface area contributed by atoms with Crippen molar-refractivity contribution in [2.45, 2.75) is 6.42 Å². The van der Waals surface area contributed by atoms with Gasteiger partial charge in [0.05, 0.1) is 13.7 Å². The molecule has 0 aliphatic carbocycles. The van der Waals surface area contributed by atoms with Gasteiger partial charge in [-0.3, -0.25) is 4.18 Å². The number of hydrogen-bond acceptors (Lipinski definition) is 6. The Bertz CT molecular complexity index is 165. The highest BCUT2D eigenvalue weighted by molar-refractivity contribution is 7.81. The number of hydrogen-bond donors (Lipinski definition) is 2. The maximum Gasteiger partial charge on any atom is 0.399 e. The molecule has 0 heterocycles. The predicted octanol–water partition coefficient (Wildman–Crippen LogP) is -0.561. The van der Waals surface area contributed by atoms with E-state index in [2.05, 4.69) is 8.37 Å². The van der Waals surface area contributed by atoms with Gasteiger partial charge in [-0.2, -0.15) is 8.42 Å². The van der Waals surface area contributed by atoms with Gasteiger partial charge in [-0.05, 0) is 6.42 Å². The lowest BCUT2D eigenvalue weighted by Gasteiger charge is -1.99. The fourth-order valence-electron chi connectivity index (χ4n) is 0.274. The molecule has 0 aliphatic rings. The molecule has 0 saturated heterocycles. The molecule has 0 atom stereocenters. The van der Waals surface area contributed by atoms with Crippen LogP contribution in [0, 0.1) is 0 Å². The van der Waals surface area contributed by atoms with E-state index in [1.165, 1.54) is 0 Å². The van der Waals surface area contributed by atoms with Crippen LogP contribution in [0.3, 0.4) is 0 Å². The van der Waals surface area contributed by atoms with Crippen LogP contribution in [0.2, 0.25) is 0 Å². The van der Waals surface area contributed by atoms with E-state index in [4.69, 9.17) is 5.11 Å². The Morgan fingerprint density at radius 2 is 2.00 bits per heavy atom. The summed E-state index contributed by atoms with van der Waals surface area (Å²) >= 11 is 0. The van der Waals surface area contributed by atoms with Crippen molar-refractivity contribution in [1.29, 1.82) is 0 Å². The Kier molecular flexibility index (Phi) is 7.91. The van der Waals surface area contributed by atoms with Crippen molar-refractivity contribution in [3.63, 3.8) is 0 Å². The molecular weight excluding hydrogens is 174 g/mol. The molecule has 4 N–H and O–H groups in total. The van der Waals surface area contributed by atoms with Crippen molar-refractivity contribution in [2.75, 3.05) is 20.3 Å². The standard InChI is InChI=1S/C4H10O5S.H3N/c1-8-10(6,7)9-4-2-3-5;/h5H,2-4H2,1H3;1H3. The Morgan fingerprint density at radius 3 is 2.36 bits per heavy atom. The molecule has 0 radical (unpaired) electrons. The molecule has 0 amide bonds. The van der Waals surface area contributed by atoms with Gasteiger partial charge >= 0.3 is 10.4 Å². The van der Waals surface area contributed by atoms with Crippen molar-refractivity contribution in [3.05, 3.63) is 0 Å². The Balaban J connectivity index is 0. The topological polar surface area (TPSA) is 108 Å². The zero-order valence-corrected chi connectivity index (χ0v) is 7.13. The summed E-state index contributed by atoms with van der Waals surface area (Å²) in [4.78, 5) is 0. The summed E-state index contributed by atoms with van der Waals surface area (Å²) in [6.07, 6.45) is 0.280.